The molecule has 1 aromatic carbocycles. The van der Waals surface area contributed by atoms with E-state index in [1.165, 1.54) is 5.56 Å². The number of hydrogen-bond donors (Lipinski definition) is 1. The van der Waals surface area contributed by atoms with Gasteiger partial charge in [0.15, 0.2) is 0 Å². The zero-order valence-corrected chi connectivity index (χ0v) is 15.5. The Morgan fingerprint density at radius 2 is 1.64 bits per heavy atom. The van der Waals surface area contributed by atoms with E-state index in [1.807, 2.05) is 41.0 Å². The number of carbonyl (C=O) groups is 1. The fraction of sp³-hybridized carbons (Fsp3) is 0.444. The van der Waals surface area contributed by atoms with Crippen LogP contribution in [0.2, 0.25) is 0 Å². The van der Waals surface area contributed by atoms with Gasteiger partial charge in [-0.05, 0) is 64.6 Å². The van der Waals surface area contributed by atoms with Crippen molar-refractivity contribution in [1.82, 2.24) is 5.32 Å². The largest absolute Gasteiger partial charge is 0.479 e. The van der Waals surface area contributed by atoms with Crippen molar-refractivity contribution in [3.63, 3.8) is 0 Å². The first-order valence-corrected chi connectivity index (χ1v) is 10.2. The van der Waals surface area contributed by atoms with E-state index in [2.05, 4.69) is 30.7 Å². The molecule has 0 spiro atoms. The normalized spacial score (nSPS) is 17.7. The van der Waals surface area contributed by atoms with Gasteiger partial charge in [-0.1, -0.05) is 24.0 Å². The maximum atomic E-state index is 12.6. The number of nitrogens with one attached hydrogen (secondary N) is 1. The molecule has 0 unspecified atom stereocenters. The molecule has 3 nitrogen and oxygen atoms in total. The summed E-state index contributed by atoms with van der Waals surface area (Å²) in [6.45, 7) is 14.1. The summed E-state index contributed by atoms with van der Waals surface area (Å²) in [6.07, 6.45) is 4.13. The van der Waals surface area contributed by atoms with Gasteiger partial charge in [0, 0.05) is 7.11 Å². The molecule has 1 amide bonds. The Kier molecular flexibility index (Phi) is 4.08. The summed E-state index contributed by atoms with van der Waals surface area (Å²) in [5, 5.41) is 3.04. The predicted molar refractivity (Wildman–Crippen MR) is 96.8 cm³/mol. The first-order valence-electron chi connectivity index (χ1n) is 7.46. The van der Waals surface area contributed by atoms with Crippen LogP contribution in [0.25, 0.3) is 5.57 Å². The summed E-state index contributed by atoms with van der Waals surface area (Å²) >= 11 is 0. The second kappa shape index (κ2) is 5.31. The summed E-state index contributed by atoms with van der Waals surface area (Å²) in [5.74, 6) is 0.657. The van der Waals surface area contributed by atoms with Crippen LogP contribution in [-0.2, 0) is 9.32 Å². The first-order chi connectivity index (χ1) is 9.92. The Morgan fingerprint density at radius 3 is 2.09 bits per heavy atom. The van der Waals surface area contributed by atoms with Crippen molar-refractivity contribution in [2.75, 3.05) is 13.3 Å². The standard InChI is InChI=1S/C18H26NO2P/c1-11-9-12(2)14(13(3)10-11)15-16(21-22(6,7)8)18(4,5)19-17(15)20/h9-10H,6H2,1-5,7-8H3,(H,19,20). The highest BCUT2D eigenvalue weighted by molar-refractivity contribution is 7.67. The molecule has 0 radical (unpaired) electrons. The van der Waals surface area contributed by atoms with Crippen molar-refractivity contribution in [1.29, 1.82) is 0 Å². The van der Waals surface area contributed by atoms with E-state index in [4.69, 9.17) is 4.52 Å². The monoisotopic (exact) mass is 319 g/mol. The number of aryl methyl sites for hydroxylation is 3. The predicted octanol–water partition coefficient (Wildman–Crippen LogP) is 3.87. The number of hydrogen-bond acceptors (Lipinski definition) is 2. The van der Waals surface area contributed by atoms with Crippen molar-refractivity contribution in [3.05, 3.63) is 40.1 Å². The molecular weight excluding hydrogens is 293 g/mol. The molecule has 0 saturated heterocycles. The van der Waals surface area contributed by atoms with Crippen LogP contribution in [0, 0.1) is 20.8 Å². The highest BCUT2D eigenvalue weighted by Crippen LogP contribution is 2.47. The van der Waals surface area contributed by atoms with Crippen molar-refractivity contribution in [2.24, 2.45) is 0 Å². The van der Waals surface area contributed by atoms with E-state index < -0.39 is 12.7 Å². The molecular formula is C18H26NO2P. The van der Waals surface area contributed by atoms with E-state index in [0.29, 0.717) is 5.57 Å². The lowest BCUT2D eigenvalue weighted by molar-refractivity contribution is -0.115. The molecule has 0 saturated carbocycles. The zero-order valence-electron chi connectivity index (χ0n) is 14.6. The van der Waals surface area contributed by atoms with Gasteiger partial charge in [0.2, 0.25) is 0 Å². The van der Waals surface area contributed by atoms with Gasteiger partial charge in [-0.2, -0.15) is 0 Å². The van der Waals surface area contributed by atoms with E-state index in [0.717, 1.165) is 22.4 Å². The molecule has 22 heavy (non-hydrogen) atoms. The van der Waals surface area contributed by atoms with Crippen LogP contribution in [0.4, 0.5) is 0 Å². The highest BCUT2D eigenvalue weighted by atomic mass is 31.2. The van der Waals surface area contributed by atoms with Gasteiger partial charge in [0.1, 0.15) is 5.76 Å². The van der Waals surface area contributed by atoms with E-state index in [9.17, 15) is 4.79 Å². The molecule has 2 rings (SSSR count). The minimum absolute atomic E-state index is 0.0662. The first kappa shape index (κ1) is 16.9. The van der Waals surface area contributed by atoms with Crippen LogP contribution in [0.3, 0.4) is 0 Å². The van der Waals surface area contributed by atoms with E-state index >= 15 is 0 Å². The Labute approximate surface area is 133 Å². The average molecular weight is 319 g/mol. The minimum Gasteiger partial charge on any atom is -0.479 e. The molecule has 4 heteroatoms. The third-order valence-corrected chi connectivity index (χ3v) is 4.39. The van der Waals surface area contributed by atoms with Crippen LogP contribution in [-0.4, -0.2) is 31.1 Å². The third-order valence-electron chi connectivity index (χ3n) is 3.71. The van der Waals surface area contributed by atoms with E-state index in [-0.39, 0.29) is 5.91 Å². The zero-order chi connectivity index (χ0) is 16.9. The van der Waals surface area contributed by atoms with Crippen LogP contribution in [0.1, 0.15) is 36.1 Å². The summed E-state index contributed by atoms with van der Waals surface area (Å²) in [4.78, 5) is 12.6. The fourth-order valence-corrected chi connectivity index (χ4v) is 3.84. The molecule has 0 aliphatic carbocycles. The van der Waals surface area contributed by atoms with Gasteiger partial charge in [-0.3, -0.25) is 4.79 Å². The molecule has 0 fully saturated rings. The van der Waals surface area contributed by atoms with Crippen molar-refractivity contribution >= 4 is 24.9 Å². The second-order valence-electron chi connectivity index (χ2n) is 7.22. The molecule has 0 aromatic heterocycles. The lowest BCUT2D eigenvalue weighted by Gasteiger charge is -2.27. The maximum absolute atomic E-state index is 12.6. The van der Waals surface area contributed by atoms with Crippen molar-refractivity contribution in [2.45, 2.75) is 40.2 Å². The number of benzene rings is 1. The van der Waals surface area contributed by atoms with Gasteiger partial charge >= 0.3 is 0 Å². The molecule has 1 aliphatic rings. The van der Waals surface area contributed by atoms with Gasteiger partial charge in [-0.15, -0.1) is 0 Å². The maximum Gasteiger partial charge on any atom is 0.256 e. The Balaban J connectivity index is 2.75. The lowest BCUT2D eigenvalue weighted by atomic mass is 9.91. The van der Waals surface area contributed by atoms with E-state index in [1.54, 1.807) is 0 Å². The highest BCUT2D eigenvalue weighted by Gasteiger charge is 2.41. The van der Waals surface area contributed by atoms with Gasteiger partial charge < -0.3 is 9.84 Å². The van der Waals surface area contributed by atoms with Gasteiger partial charge in [0.05, 0.1) is 11.1 Å². The SMILES string of the molecule is C=P(C)(C)OC1=C(c2c(C)cc(C)cc2C)C(=O)NC1(C)C. The van der Waals surface area contributed by atoms with Crippen LogP contribution >= 0.6 is 7.11 Å². The average Bonchev–Trinajstić information content (AvgIpc) is 2.48. The summed E-state index contributed by atoms with van der Waals surface area (Å²) in [5.41, 5.74) is 4.53. The van der Waals surface area contributed by atoms with Crippen LogP contribution < -0.4 is 5.32 Å². The molecule has 1 N–H and O–H groups in total. The van der Waals surface area contributed by atoms with Crippen LogP contribution in [0.5, 0.6) is 0 Å². The third kappa shape index (κ3) is 3.15. The van der Waals surface area contributed by atoms with Crippen molar-refractivity contribution in [3.8, 4) is 0 Å². The number of amides is 1. The van der Waals surface area contributed by atoms with Gasteiger partial charge in [-0.25, -0.2) is 0 Å². The summed E-state index contributed by atoms with van der Waals surface area (Å²) in [6, 6.07) is 4.21. The molecule has 120 valence electrons. The number of carbonyl (C=O) groups excluding carboxylic acids is 1. The molecule has 1 aliphatic heterocycles. The second-order valence-corrected chi connectivity index (χ2v) is 10.6. The molecule has 1 aromatic rings. The Bertz CT molecular complexity index is 700. The quantitative estimate of drug-likeness (QED) is 0.859. The van der Waals surface area contributed by atoms with Crippen LogP contribution in [0.15, 0.2) is 17.9 Å². The topological polar surface area (TPSA) is 38.3 Å². The Morgan fingerprint density at radius 1 is 1.14 bits per heavy atom. The Hall–Kier alpha value is -1.47. The number of rotatable bonds is 3. The minimum atomic E-state index is -1.77. The smallest absolute Gasteiger partial charge is 0.256 e. The van der Waals surface area contributed by atoms with Gasteiger partial charge in [0.25, 0.3) is 5.91 Å². The molecule has 0 bridgehead atoms. The fourth-order valence-electron chi connectivity index (χ4n) is 3.03. The lowest BCUT2D eigenvalue weighted by Crippen LogP contribution is -2.38. The van der Waals surface area contributed by atoms with Crippen molar-refractivity contribution < 1.29 is 9.32 Å². The summed E-state index contributed by atoms with van der Waals surface area (Å²) in [7, 11) is -1.77. The molecule has 1 heterocycles. The molecule has 0 atom stereocenters. The summed E-state index contributed by atoms with van der Waals surface area (Å²) < 4.78 is 6.19.